The predicted octanol–water partition coefficient (Wildman–Crippen LogP) is 5.79. The van der Waals surface area contributed by atoms with E-state index >= 15 is 0 Å². The molecule has 0 N–H and O–H groups in total. The number of Topliss-reactive ketones (excluding diaryl/α,β-unsaturated/α-hetero) is 1. The highest BCUT2D eigenvalue weighted by Crippen LogP contribution is 2.25. The lowest BCUT2D eigenvalue weighted by Gasteiger charge is -2.32. The van der Waals surface area contributed by atoms with Crippen molar-refractivity contribution in [3.8, 4) is 0 Å². The number of ether oxygens (including phenoxy) is 1. The van der Waals surface area contributed by atoms with Gasteiger partial charge in [0.25, 0.3) is 0 Å². The van der Waals surface area contributed by atoms with Gasteiger partial charge in [-0.15, -0.1) is 0 Å². The molecule has 4 nitrogen and oxygen atoms in total. The number of rotatable bonds is 5. The summed E-state index contributed by atoms with van der Waals surface area (Å²) in [5.41, 5.74) is 0. The molecular weight excluding hydrogens is 344 g/mol. The highest BCUT2D eigenvalue weighted by atomic mass is 28.4. The maximum atomic E-state index is 12.6. The normalized spacial score (nSPS) is 22.8. The van der Waals surface area contributed by atoms with Crippen LogP contribution in [0.5, 0.6) is 0 Å². The minimum absolute atomic E-state index is 0.253. The minimum atomic E-state index is -1.90. The Bertz CT molecular complexity index is 399. The van der Waals surface area contributed by atoms with Crippen molar-refractivity contribution in [1.82, 2.24) is 0 Å². The van der Waals surface area contributed by atoms with E-state index in [1.807, 2.05) is 0 Å². The first-order valence-corrected chi connectivity index (χ1v) is 13.5. The van der Waals surface area contributed by atoms with Crippen molar-refractivity contribution < 1.29 is 18.8 Å². The number of ketones is 1. The Labute approximate surface area is 161 Å². The number of hydrogen-bond donors (Lipinski definition) is 0. The summed E-state index contributed by atoms with van der Waals surface area (Å²) in [6.45, 7) is 6.95. The van der Waals surface area contributed by atoms with Gasteiger partial charge in [-0.05, 0) is 37.4 Å². The quantitative estimate of drug-likeness (QED) is 0.444. The number of carbonyl (C=O) groups excluding carboxylic acids is 2. The second-order valence-corrected chi connectivity index (χ2v) is 12.4. The van der Waals surface area contributed by atoms with E-state index < -0.39 is 14.4 Å². The Morgan fingerprint density at radius 2 is 1.38 bits per heavy atom. The van der Waals surface area contributed by atoms with Crippen LogP contribution in [0.15, 0.2) is 0 Å². The van der Waals surface area contributed by atoms with E-state index in [0.29, 0.717) is 25.9 Å². The molecule has 0 aromatic carbocycles. The van der Waals surface area contributed by atoms with Gasteiger partial charge in [0.1, 0.15) is 11.9 Å². The van der Waals surface area contributed by atoms with Crippen LogP contribution in [0.3, 0.4) is 0 Å². The third-order valence-electron chi connectivity index (χ3n) is 5.87. The predicted molar refractivity (Wildman–Crippen MR) is 109 cm³/mol. The van der Waals surface area contributed by atoms with Crippen molar-refractivity contribution in [2.24, 2.45) is 0 Å². The fraction of sp³-hybridized carbons (Fsp3) is 0.905. The summed E-state index contributed by atoms with van der Waals surface area (Å²) in [6, 6.07) is 2.99. The van der Waals surface area contributed by atoms with Crippen molar-refractivity contribution in [3.63, 3.8) is 0 Å². The van der Waals surface area contributed by atoms with E-state index in [-0.39, 0.29) is 11.8 Å². The highest BCUT2D eigenvalue weighted by Gasteiger charge is 2.35. The molecule has 1 unspecified atom stereocenters. The molecule has 0 aromatic heterocycles. The molecule has 0 amide bonds. The van der Waals surface area contributed by atoms with Gasteiger partial charge in [0.2, 0.25) is 0 Å². The zero-order valence-electron chi connectivity index (χ0n) is 17.3. The monoisotopic (exact) mass is 384 g/mol. The van der Waals surface area contributed by atoms with E-state index in [4.69, 9.17) is 9.16 Å². The largest absolute Gasteiger partial charge is 0.464 e. The Hall–Kier alpha value is -0.683. The molecule has 1 heterocycles. The highest BCUT2D eigenvalue weighted by molar-refractivity contribution is 6.73. The lowest BCUT2D eigenvalue weighted by atomic mass is 10.0. The summed E-state index contributed by atoms with van der Waals surface area (Å²) in [4.78, 5) is 24.8. The van der Waals surface area contributed by atoms with Crippen LogP contribution in [0, 0.1) is 0 Å². The van der Waals surface area contributed by atoms with Gasteiger partial charge in [-0.3, -0.25) is 4.79 Å². The second-order valence-electron chi connectivity index (χ2n) is 7.67. The Morgan fingerprint density at radius 1 is 0.846 bits per heavy atom. The van der Waals surface area contributed by atoms with Crippen molar-refractivity contribution in [2.75, 3.05) is 6.61 Å². The van der Waals surface area contributed by atoms with Crippen molar-refractivity contribution in [3.05, 3.63) is 0 Å². The van der Waals surface area contributed by atoms with Gasteiger partial charge in [-0.2, -0.15) is 0 Å². The minimum Gasteiger partial charge on any atom is -0.464 e. The molecule has 152 valence electrons. The topological polar surface area (TPSA) is 52.6 Å². The van der Waals surface area contributed by atoms with Crippen LogP contribution in [0.25, 0.3) is 0 Å². The molecule has 1 rings (SSSR count). The molecule has 1 fully saturated rings. The zero-order chi connectivity index (χ0) is 19.3. The van der Waals surface area contributed by atoms with E-state index in [0.717, 1.165) is 43.8 Å². The molecule has 1 atom stereocenters. The number of carbonyl (C=O) groups is 2. The number of esters is 1. The molecule has 1 aliphatic heterocycles. The fourth-order valence-electron chi connectivity index (χ4n) is 3.69. The van der Waals surface area contributed by atoms with Crippen LogP contribution in [0.1, 0.15) is 91.4 Å². The molecular formula is C21H40O4Si. The Morgan fingerprint density at radius 3 is 1.96 bits per heavy atom. The van der Waals surface area contributed by atoms with Crippen LogP contribution in [0.4, 0.5) is 0 Å². The molecule has 0 bridgehead atoms. The fourth-order valence-corrected chi connectivity index (χ4v) is 6.51. The molecule has 1 aliphatic rings. The van der Waals surface area contributed by atoms with Crippen molar-refractivity contribution in [1.29, 1.82) is 0 Å². The summed E-state index contributed by atoms with van der Waals surface area (Å²) in [5, 5.41) is 0. The smallest absolute Gasteiger partial charge is 0.334 e. The average molecular weight is 385 g/mol. The SMILES string of the molecule is CC[Si](CC)(CC)OC1CCC(=O)CCCCCCCCCCOC1=O. The molecule has 0 aromatic rings. The first-order chi connectivity index (χ1) is 12.6. The third-order valence-corrected chi connectivity index (χ3v) is 10.5. The molecule has 1 saturated heterocycles. The number of cyclic esters (lactones) is 1. The first-order valence-electron chi connectivity index (χ1n) is 10.9. The molecule has 0 radical (unpaired) electrons. The third kappa shape index (κ3) is 8.80. The molecule has 0 spiro atoms. The van der Waals surface area contributed by atoms with E-state index in [1.54, 1.807) is 0 Å². The van der Waals surface area contributed by atoms with Crippen LogP contribution in [-0.2, 0) is 18.8 Å². The van der Waals surface area contributed by atoms with Crippen molar-refractivity contribution >= 4 is 20.1 Å². The molecule has 5 heteroatoms. The van der Waals surface area contributed by atoms with Gasteiger partial charge >= 0.3 is 5.97 Å². The first kappa shape index (κ1) is 23.4. The van der Waals surface area contributed by atoms with Gasteiger partial charge in [0.15, 0.2) is 8.32 Å². The van der Waals surface area contributed by atoms with Crippen LogP contribution >= 0.6 is 0 Å². The molecule has 0 aliphatic carbocycles. The van der Waals surface area contributed by atoms with Gasteiger partial charge in [0, 0.05) is 12.8 Å². The summed E-state index contributed by atoms with van der Waals surface area (Å²) >= 11 is 0. The zero-order valence-corrected chi connectivity index (χ0v) is 18.3. The number of hydrogen-bond acceptors (Lipinski definition) is 4. The Balaban J connectivity index is 2.71. The Kier molecular flexibility index (Phi) is 12.1. The summed E-state index contributed by atoms with van der Waals surface area (Å²) < 4.78 is 11.9. The molecule has 26 heavy (non-hydrogen) atoms. The summed E-state index contributed by atoms with van der Waals surface area (Å²) in [6.07, 6.45) is 10.1. The second kappa shape index (κ2) is 13.5. The molecule has 0 saturated carbocycles. The maximum absolute atomic E-state index is 12.6. The maximum Gasteiger partial charge on any atom is 0.334 e. The van der Waals surface area contributed by atoms with E-state index in [1.165, 1.54) is 25.7 Å². The van der Waals surface area contributed by atoms with Crippen LogP contribution < -0.4 is 0 Å². The van der Waals surface area contributed by atoms with Gasteiger partial charge in [-0.25, -0.2) is 4.79 Å². The van der Waals surface area contributed by atoms with Crippen LogP contribution in [0.2, 0.25) is 18.1 Å². The van der Waals surface area contributed by atoms with Crippen molar-refractivity contribution in [2.45, 2.75) is 116 Å². The van der Waals surface area contributed by atoms with E-state index in [2.05, 4.69) is 20.8 Å². The van der Waals surface area contributed by atoms with E-state index in [9.17, 15) is 9.59 Å². The lowest BCUT2D eigenvalue weighted by molar-refractivity contribution is -0.153. The van der Waals surface area contributed by atoms with Gasteiger partial charge in [0.05, 0.1) is 6.61 Å². The summed E-state index contributed by atoms with van der Waals surface area (Å²) in [5.74, 6) is 0.00683. The van der Waals surface area contributed by atoms with Gasteiger partial charge < -0.3 is 9.16 Å². The van der Waals surface area contributed by atoms with Gasteiger partial charge in [-0.1, -0.05) is 59.3 Å². The lowest BCUT2D eigenvalue weighted by Crippen LogP contribution is -2.43. The average Bonchev–Trinajstić information content (AvgIpc) is 2.66. The van der Waals surface area contributed by atoms with Crippen LogP contribution in [-0.4, -0.2) is 32.8 Å². The summed E-state index contributed by atoms with van der Waals surface area (Å²) in [7, 11) is -1.90. The standard InChI is InChI=1S/C21H40O4Si/c1-4-26(5-2,6-3)25-20-17-16-19(22)15-13-11-9-7-8-10-12-14-18-24-21(20)23/h20H,4-18H2,1-3H3.